The van der Waals surface area contributed by atoms with E-state index in [1.807, 2.05) is 25.1 Å². The van der Waals surface area contributed by atoms with E-state index in [-0.39, 0.29) is 36.1 Å². The molecule has 6 nitrogen and oxygen atoms in total. The van der Waals surface area contributed by atoms with E-state index in [1.165, 1.54) is 4.90 Å². The molecule has 3 N–H and O–H groups in total. The highest BCUT2D eigenvalue weighted by molar-refractivity contribution is 6.21. The zero-order chi connectivity index (χ0) is 16.6. The summed E-state index contributed by atoms with van der Waals surface area (Å²) in [6.45, 7) is 3.35. The summed E-state index contributed by atoms with van der Waals surface area (Å²) >= 11 is 0. The van der Waals surface area contributed by atoms with Crippen molar-refractivity contribution in [1.29, 1.82) is 0 Å². The van der Waals surface area contributed by atoms with Gasteiger partial charge in [-0.05, 0) is 24.6 Å². The van der Waals surface area contributed by atoms with Crippen molar-refractivity contribution in [3.05, 3.63) is 29.8 Å². The molecule has 0 bridgehead atoms. The van der Waals surface area contributed by atoms with Crippen LogP contribution in [0.4, 0.5) is 5.69 Å². The van der Waals surface area contributed by atoms with Gasteiger partial charge in [-0.2, -0.15) is 0 Å². The van der Waals surface area contributed by atoms with Crippen LogP contribution >= 0.6 is 0 Å². The minimum atomic E-state index is -0.336. The molecule has 0 unspecified atom stereocenters. The van der Waals surface area contributed by atoms with Gasteiger partial charge in [0.1, 0.15) is 0 Å². The Morgan fingerprint density at radius 2 is 1.96 bits per heavy atom. The van der Waals surface area contributed by atoms with Crippen LogP contribution in [0.3, 0.4) is 0 Å². The van der Waals surface area contributed by atoms with Crippen LogP contribution in [0.1, 0.15) is 24.8 Å². The molecule has 2 heterocycles. The first-order chi connectivity index (χ1) is 11.0. The quantitative estimate of drug-likeness (QED) is 0.731. The van der Waals surface area contributed by atoms with Gasteiger partial charge in [-0.3, -0.25) is 14.4 Å². The normalized spacial score (nSPS) is 28.2. The Labute approximate surface area is 135 Å². The summed E-state index contributed by atoms with van der Waals surface area (Å²) in [6.07, 6.45) is 1.61. The van der Waals surface area contributed by atoms with Gasteiger partial charge in [-0.25, -0.2) is 4.90 Å². The Morgan fingerprint density at radius 3 is 2.57 bits per heavy atom. The van der Waals surface area contributed by atoms with Crippen LogP contribution in [0.2, 0.25) is 0 Å². The van der Waals surface area contributed by atoms with Crippen molar-refractivity contribution in [2.24, 2.45) is 11.7 Å². The number of benzene rings is 1. The molecule has 3 rings (SSSR count). The molecule has 122 valence electrons. The molecule has 3 amide bonds. The highest BCUT2D eigenvalue weighted by Crippen LogP contribution is 2.23. The minimum absolute atomic E-state index is 0.0983. The molecule has 1 aromatic carbocycles. The fourth-order valence-corrected chi connectivity index (χ4v) is 3.61. The lowest BCUT2D eigenvalue weighted by molar-refractivity contribution is -0.920. The minimum Gasteiger partial charge on any atom is -0.369 e. The van der Waals surface area contributed by atoms with Crippen LogP contribution in [-0.2, 0) is 14.4 Å². The van der Waals surface area contributed by atoms with E-state index in [0.717, 1.165) is 10.5 Å². The maximum absolute atomic E-state index is 12.7. The second-order valence-electron chi connectivity index (χ2n) is 6.50. The second-order valence-corrected chi connectivity index (χ2v) is 6.50. The molecule has 1 aromatic rings. The smallest absolute Gasteiger partial charge is 0.292 e. The van der Waals surface area contributed by atoms with Crippen LogP contribution < -0.4 is 15.5 Å². The monoisotopic (exact) mass is 316 g/mol. The molecule has 2 fully saturated rings. The highest BCUT2D eigenvalue weighted by atomic mass is 16.2. The maximum atomic E-state index is 12.7. The Morgan fingerprint density at radius 1 is 1.26 bits per heavy atom. The lowest BCUT2D eigenvalue weighted by Crippen LogP contribution is -3.17. The number of amides is 3. The third-order valence-corrected chi connectivity index (χ3v) is 4.93. The predicted molar refractivity (Wildman–Crippen MR) is 84.7 cm³/mol. The first-order valence-corrected chi connectivity index (χ1v) is 8.04. The van der Waals surface area contributed by atoms with Crippen molar-refractivity contribution in [3.63, 3.8) is 0 Å². The molecule has 1 atom stereocenters. The molecule has 23 heavy (non-hydrogen) atoms. The van der Waals surface area contributed by atoms with Gasteiger partial charge in [0, 0.05) is 18.8 Å². The average molecular weight is 316 g/mol. The van der Waals surface area contributed by atoms with Crippen LogP contribution in [0, 0.1) is 12.8 Å². The molecule has 6 heteroatoms. The average Bonchev–Trinajstić information content (AvgIpc) is 2.82. The second kappa shape index (κ2) is 6.12. The lowest BCUT2D eigenvalue weighted by Gasteiger charge is -2.30. The third kappa shape index (κ3) is 2.99. The number of imide groups is 1. The molecular formula is C17H22N3O3+. The Kier molecular flexibility index (Phi) is 4.17. The number of aryl methyl sites for hydroxylation is 1. The number of quaternary nitrogens is 1. The number of carbonyl (C=O) groups is 3. The largest absolute Gasteiger partial charge is 0.369 e. The van der Waals surface area contributed by atoms with E-state index in [0.29, 0.717) is 31.6 Å². The molecule has 0 saturated carbocycles. The van der Waals surface area contributed by atoms with E-state index in [2.05, 4.69) is 0 Å². The van der Waals surface area contributed by atoms with Crippen LogP contribution in [-0.4, -0.2) is 36.9 Å². The topological polar surface area (TPSA) is 84.9 Å². The number of hydrogen-bond donors (Lipinski definition) is 2. The highest BCUT2D eigenvalue weighted by Gasteiger charge is 2.46. The Balaban J connectivity index is 1.73. The molecule has 2 saturated heterocycles. The van der Waals surface area contributed by atoms with Crippen molar-refractivity contribution < 1.29 is 19.3 Å². The first kappa shape index (κ1) is 15.7. The van der Waals surface area contributed by atoms with E-state index < -0.39 is 0 Å². The number of anilines is 1. The summed E-state index contributed by atoms with van der Waals surface area (Å²) in [7, 11) is 0. The molecular weight excluding hydrogens is 294 g/mol. The van der Waals surface area contributed by atoms with Crippen LogP contribution in [0.5, 0.6) is 0 Å². The number of rotatable bonds is 3. The number of nitrogens with one attached hydrogen (secondary N) is 1. The van der Waals surface area contributed by atoms with E-state index in [4.69, 9.17) is 5.73 Å². The van der Waals surface area contributed by atoms with Crippen molar-refractivity contribution in [3.8, 4) is 0 Å². The first-order valence-electron chi connectivity index (χ1n) is 8.04. The zero-order valence-corrected chi connectivity index (χ0v) is 13.2. The van der Waals surface area contributed by atoms with Gasteiger partial charge in [0.25, 0.3) is 5.91 Å². The van der Waals surface area contributed by atoms with Gasteiger partial charge in [0.15, 0.2) is 6.04 Å². The molecule has 0 spiro atoms. The lowest BCUT2D eigenvalue weighted by atomic mass is 9.95. The third-order valence-electron chi connectivity index (χ3n) is 4.93. The Bertz CT molecular complexity index is 650. The summed E-state index contributed by atoms with van der Waals surface area (Å²) in [5.41, 5.74) is 7.01. The van der Waals surface area contributed by atoms with Gasteiger partial charge < -0.3 is 10.6 Å². The fraction of sp³-hybridized carbons (Fsp3) is 0.471. The molecule has 0 aromatic heterocycles. The zero-order valence-electron chi connectivity index (χ0n) is 13.2. The maximum Gasteiger partial charge on any atom is 0.292 e. The van der Waals surface area contributed by atoms with Gasteiger partial charge in [0.2, 0.25) is 11.8 Å². The molecule has 0 radical (unpaired) electrons. The predicted octanol–water partition coefficient (Wildman–Crippen LogP) is -0.593. The van der Waals surface area contributed by atoms with Crippen LogP contribution in [0.15, 0.2) is 24.3 Å². The standard InChI is InChI=1S/C17H21N3O3/c1-11-3-2-4-13(9-11)20-15(21)10-14(17(20)23)19-7-5-12(6-8-19)16(18)22/h2-4,9,12,14H,5-8,10H2,1H3,(H2,18,22)/p+1/t14-/m1/s1. The van der Waals surface area contributed by atoms with Crippen molar-refractivity contribution in [2.45, 2.75) is 32.2 Å². The SMILES string of the molecule is Cc1cccc(N2C(=O)C[C@@H]([NH+]3CCC(C(N)=O)CC3)C2=O)c1. The number of primary amides is 1. The number of piperidine rings is 1. The summed E-state index contributed by atoms with van der Waals surface area (Å²) in [5.74, 6) is -0.638. The van der Waals surface area contributed by atoms with Crippen molar-refractivity contribution in [1.82, 2.24) is 0 Å². The van der Waals surface area contributed by atoms with Crippen LogP contribution in [0.25, 0.3) is 0 Å². The molecule has 0 aliphatic carbocycles. The summed E-state index contributed by atoms with van der Waals surface area (Å²) in [5, 5.41) is 0. The Hall–Kier alpha value is -2.21. The number of nitrogens with zero attached hydrogens (tertiary/aromatic N) is 1. The van der Waals surface area contributed by atoms with Crippen molar-refractivity contribution >= 4 is 23.4 Å². The fourth-order valence-electron chi connectivity index (χ4n) is 3.61. The van der Waals surface area contributed by atoms with E-state index in [1.54, 1.807) is 6.07 Å². The van der Waals surface area contributed by atoms with E-state index in [9.17, 15) is 14.4 Å². The van der Waals surface area contributed by atoms with Gasteiger partial charge in [-0.1, -0.05) is 12.1 Å². The van der Waals surface area contributed by atoms with Crippen molar-refractivity contribution in [2.75, 3.05) is 18.0 Å². The number of hydrogen-bond acceptors (Lipinski definition) is 3. The van der Waals surface area contributed by atoms with Gasteiger partial charge in [0.05, 0.1) is 25.2 Å². The van der Waals surface area contributed by atoms with Gasteiger partial charge >= 0.3 is 0 Å². The summed E-state index contributed by atoms with van der Waals surface area (Å²) < 4.78 is 0. The summed E-state index contributed by atoms with van der Waals surface area (Å²) in [6, 6.07) is 7.10. The van der Waals surface area contributed by atoms with E-state index >= 15 is 0 Å². The molecule has 2 aliphatic heterocycles. The summed E-state index contributed by atoms with van der Waals surface area (Å²) in [4.78, 5) is 38.7. The number of carbonyl (C=O) groups excluding carboxylic acids is 3. The van der Waals surface area contributed by atoms with Gasteiger partial charge in [-0.15, -0.1) is 0 Å². The number of nitrogens with two attached hydrogens (primary N) is 1. The molecule has 2 aliphatic rings. The number of likely N-dealkylation sites (tertiary alicyclic amines) is 1.